The predicted octanol–water partition coefficient (Wildman–Crippen LogP) is 4.24. The van der Waals surface area contributed by atoms with Crippen LogP contribution in [0.5, 0.6) is 0 Å². The topological polar surface area (TPSA) is 57.9 Å². The number of hydrogen-bond acceptors (Lipinski definition) is 4. The van der Waals surface area contributed by atoms with E-state index in [0.717, 1.165) is 15.5 Å². The third-order valence-corrected chi connectivity index (χ3v) is 4.93. The van der Waals surface area contributed by atoms with Crippen LogP contribution < -0.4 is 10.1 Å². The fourth-order valence-corrected chi connectivity index (χ4v) is 3.57. The van der Waals surface area contributed by atoms with Crippen LogP contribution in [0.3, 0.4) is 0 Å². The zero-order chi connectivity index (χ0) is 16.1. The summed E-state index contributed by atoms with van der Waals surface area (Å²) in [5, 5.41) is 12.4. The van der Waals surface area contributed by atoms with Gasteiger partial charge in [0, 0.05) is 21.4 Å². The van der Waals surface area contributed by atoms with E-state index < -0.39 is 0 Å². The highest BCUT2D eigenvalue weighted by molar-refractivity contribution is 7.99. The third-order valence-electron chi connectivity index (χ3n) is 3.13. The van der Waals surface area contributed by atoms with Crippen LogP contribution in [0.15, 0.2) is 76.0 Å². The number of hydrogen-bond donors (Lipinski definition) is 2. The van der Waals surface area contributed by atoms with Crippen molar-refractivity contribution >= 4 is 47.1 Å². The fourth-order valence-electron chi connectivity index (χ4n) is 2.05. The molecule has 7 heteroatoms. The van der Waals surface area contributed by atoms with Crippen molar-refractivity contribution in [3.8, 4) is 0 Å². The number of anilines is 1. The van der Waals surface area contributed by atoms with Gasteiger partial charge in [-0.1, -0.05) is 42.1 Å². The summed E-state index contributed by atoms with van der Waals surface area (Å²) in [5.74, 6) is -0.136. The minimum atomic E-state index is -0.136. The number of nitrogens with one attached hydrogen (secondary N) is 2. The summed E-state index contributed by atoms with van der Waals surface area (Å²) in [5.41, 5.74) is 0.786. The Morgan fingerprint density at radius 1 is 1.12 bits per heavy atom. The van der Waals surface area contributed by atoms with Crippen LogP contribution >= 0.6 is 35.5 Å². The maximum atomic E-state index is 12.2. The molecule has 0 spiro atoms. The summed E-state index contributed by atoms with van der Waals surface area (Å²) in [6.07, 6.45) is 1.75. The Morgan fingerprint density at radius 3 is 2.54 bits per heavy atom. The zero-order valence-electron chi connectivity index (χ0n) is 12.6. The number of thiazole rings is 1. The summed E-state index contributed by atoms with van der Waals surface area (Å²) < 4.78 is 1.62. The number of halogens is 1. The van der Waals surface area contributed by atoms with E-state index >= 15 is 0 Å². The molecule has 24 heavy (non-hydrogen) atoms. The number of amides is 1. The van der Waals surface area contributed by atoms with E-state index in [2.05, 4.69) is 5.32 Å². The van der Waals surface area contributed by atoms with Gasteiger partial charge in [-0.3, -0.25) is 10.2 Å². The van der Waals surface area contributed by atoms with Crippen LogP contribution in [-0.2, 0) is 11.3 Å². The van der Waals surface area contributed by atoms with Gasteiger partial charge in [0.05, 0.1) is 5.69 Å². The Balaban J connectivity index is 0.00000208. The Kier molecular flexibility index (Phi) is 6.66. The number of carbonyl (C=O) groups excluding carboxylic acids is 1. The molecule has 124 valence electrons. The first-order chi connectivity index (χ1) is 11.2. The quantitative estimate of drug-likeness (QED) is 0.698. The molecule has 0 saturated carbocycles. The van der Waals surface area contributed by atoms with Crippen LogP contribution in [0.25, 0.3) is 0 Å². The van der Waals surface area contributed by atoms with Crippen LogP contribution in [-0.4, -0.2) is 10.5 Å². The highest BCUT2D eigenvalue weighted by Gasteiger charge is 2.09. The lowest BCUT2D eigenvalue weighted by atomic mass is 10.3. The molecular weight excluding hydrogens is 362 g/mol. The molecule has 0 atom stereocenters. The van der Waals surface area contributed by atoms with E-state index in [9.17, 15) is 4.79 Å². The number of rotatable bonds is 5. The lowest BCUT2D eigenvalue weighted by Crippen LogP contribution is -2.24. The second-order valence-electron chi connectivity index (χ2n) is 4.80. The van der Waals surface area contributed by atoms with Crippen molar-refractivity contribution in [3.05, 3.63) is 71.0 Å². The molecule has 1 aromatic heterocycles. The maximum Gasteiger partial charge on any atom is 0.244 e. The first kappa shape index (κ1) is 18.3. The van der Waals surface area contributed by atoms with Gasteiger partial charge in [-0.25, -0.2) is 0 Å². The van der Waals surface area contributed by atoms with Crippen molar-refractivity contribution in [1.29, 1.82) is 5.41 Å². The van der Waals surface area contributed by atoms with Gasteiger partial charge in [-0.15, -0.1) is 23.7 Å². The number of benzene rings is 2. The van der Waals surface area contributed by atoms with Crippen molar-refractivity contribution in [3.63, 3.8) is 0 Å². The van der Waals surface area contributed by atoms with Gasteiger partial charge in [0.2, 0.25) is 5.91 Å². The summed E-state index contributed by atoms with van der Waals surface area (Å²) in [6.45, 7) is 0.146. The molecule has 0 aliphatic rings. The van der Waals surface area contributed by atoms with E-state index in [0.29, 0.717) is 4.80 Å². The molecule has 0 radical (unpaired) electrons. The van der Waals surface area contributed by atoms with Crippen molar-refractivity contribution in [2.24, 2.45) is 0 Å². The van der Waals surface area contributed by atoms with E-state index in [1.165, 1.54) is 11.3 Å². The highest BCUT2D eigenvalue weighted by Crippen LogP contribution is 2.33. The Hall–Kier alpha value is -2.02. The molecule has 2 aromatic carbocycles. The van der Waals surface area contributed by atoms with Crippen molar-refractivity contribution < 1.29 is 4.79 Å². The Labute approximate surface area is 154 Å². The van der Waals surface area contributed by atoms with E-state index in [1.807, 2.05) is 54.6 Å². The molecule has 0 unspecified atom stereocenters. The first-order valence-corrected chi connectivity index (χ1v) is 8.72. The van der Waals surface area contributed by atoms with Crippen molar-refractivity contribution in [1.82, 2.24) is 4.57 Å². The van der Waals surface area contributed by atoms with Gasteiger partial charge < -0.3 is 9.88 Å². The van der Waals surface area contributed by atoms with Crippen LogP contribution in [0, 0.1) is 5.41 Å². The third kappa shape index (κ3) is 4.74. The number of para-hydroxylation sites is 1. The smallest absolute Gasteiger partial charge is 0.244 e. The van der Waals surface area contributed by atoms with Gasteiger partial charge in [0.15, 0.2) is 4.80 Å². The molecule has 1 amide bonds. The lowest BCUT2D eigenvalue weighted by molar-refractivity contribution is -0.116. The molecule has 0 bridgehead atoms. The lowest BCUT2D eigenvalue weighted by Gasteiger charge is -2.11. The van der Waals surface area contributed by atoms with Crippen LogP contribution in [0.1, 0.15) is 0 Å². The van der Waals surface area contributed by atoms with Crippen molar-refractivity contribution in [2.75, 3.05) is 5.32 Å². The minimum absolute atomic E-state index is 0. The van der Waals surface area contributed by atoms with E-state index in [1.54, 1.807) is 27.9 Å². The predicted molar refractivity (Wildman–Crippen MR) is 101 cm³/mol. The molecule has 3 aromatic rings. The van der Waals surface area contributed by atoms with Crippen LogP contribution in [0.2, 0.25) is 0 Å². The molecule has 3 rings (SSSR count). The summed E-state index contributed by atoms with van der Waals surface area (Å²) in [7, 11) is 0. The molecule has 0 aliphatic carbocycles. The maximum absolute atomic E-state index is 12.2. The molecule has 1 heterocycles. The standard InChI is InChI=1S/C17H15N3OS2.ClH/c18-17-20(10-11-22-17)12-16(21)19-14-8-4-5-9-15(14)23-13-6-2-1-3-7-13;/h1-11,18H,12H2,(H,19,21);1H. The SMILES string of the molecule is Cl.N=c1sccn1CC(=O)Nc1ccccc1Sc1ccccc1. The van der Waals surface area contributed by atoms with Gasteiger partial charge >= 0.3 is 0 Å². The van der Waals surface area contributed by atoms with Gasteiger partial charge in [-0.05, 0) is 24.3 Å². The first-order valence-electron chi connectivity index (χ1n) is 7.03. The van der Waals surface area contributed by atoms with Gasteiger partial charge in [0.25, 0.3) is 0 Å². The fraction of sp³-hybridized carbons (Fsp3) is 0.0588. The molecule has 4 nitrogen and oxygen atoms in total. The monoisotopic (exact) mass is 377 g/mol. The number of carbonyl (C=O) groups is 1. The van der Waals surface area contributed by atoms with Gasteiger partial charge in [-0.2, -0.15) is 0 Å². The van der Waals surface area contributed by atoms with E-state index in [4.69, 9.17) is 5.41 Å². The van der Waals surface area contributed by atoms with Crippen molar-refractivity contribution in [2.45, 2.75) is 16.3 Å². The molecular formula is C17H16ClN3OS2. The zero-order valence-corrected chi connectivity index (χ0v) is 15.1. The Bertz CT molecular complexity index is 861. The number of aromatic nitrogens is 1. The average molecular weight is 378 g/mol. The largest absolute Gasteiger partial charge is 0.324 e. The normalized spacial score (nSPS) is 10.0. The summed E-state index contributed by atoms with van der Waals surface area (Å²) >= 11 is 2.91. The second-order valence-corrected chi connectivity index (χ2v) is 6.81. The van der Waals surface area contributed by atoms with Crippen LogP contribution in [0.4, 0.5) is 5.69 Å². The summed E-state index contributed by atoms with van der Waals surface area (Å²) in [4.78, 5) is 14.7. The number of nitrogens with zero attached hydrogens (tertiary/aromatic N) is 1. The minimum Gasteiger partial charge on any atom is -0.324 e. The average Bonchev–Trinajstić information content (AvgIpc) is 2.95. The summed E-state index contributed by atoms with van der Waals surface area (Å²) in [6, 6.07) is 17.8. The second kappa shape index (κ2) is 8.73. The van der Waals surface area contributed by atoms with E-state index in [-0.39, 0.29) is 24.9 Å². The highest BCUT2D eigenvalue weighted by atomic mass is 35.5. The molecule has 0 aliphatic heterocycles. The van der Waals surface area contributed by atoms with Gasteiger partial charge in [0.1, 0.15) is 6.54 Å². The molecule has 0 fully saturated rings. The molecule has 2 N–H and O–H groups in total. The Morgan fingerprint density at radius 2 is 1.83 bits per heavy atom. The molecule has 0 saturated heterocycles.